The Hall–Kier alpha value is -3.07. The number of hydrogen-bond donors (Lipinski definition) is 0. The van der Waals surface area contributed by atoms with Crippen LogP contribution in [0.5, 0.6) is 0 Å². The summed E-state index contributed by atoms with van der Waals surface area (Å²) in [4.78, 5) is 0. The van der Waals surface area contributed by atoms with Gasteiger partial charge in [-0.1, -0.05) is 80.8 Å². The predicted octanol–water partition coefficient (Wildman–Crippen LogP) is 8.83. The first-order valence-corrected chi connectivity index (χ1v) is 11.8. The topological polar surface area (TPSA) is 0 Å². The lowest BCUT2D eigenvalue weighted by atomic mass is 9.96. The molecule has 4 aromatic rings. The monoisotopic (exact) mass is 446 g/mol. The predicted molar refractivity (Wildman–Crippen MR) is 131 cm³/mol. The van der Waals surface area contributed by atoms with E-state index in [0.717, 1.165) is 48.4 Å². The molecule has 0 saturated carbocycles. The molecule has 0 saturated heterocycles. The maximum atomic E-state index is 15.1. The molecule has 0 aliphatic rings. The quantitative estimate of drug-likeness (QED) is 0.225. The molecule has 0 fully saturated rings. The molecule has 0 aliphatic carbocycles. The van der Waals surface area contributed by atoms with Gasteiger partial charge in [0.05, 0.1) is 0 Å². The van der Waals surface area contributed by atoms with Crippen molar-refractivity contribution in [1.82, 2.24) is 0 Å². The Labute approximate surface area is 194 Å². The molecule has 0 N–H and O–H groups in total. The smallest absolute Gasteiger partial charge is 0.138 e. The maximum Gasteiger partial charge on any atom is 0.138 e. The van der Waals surface area contributed by atoms with Gasteiger partial charge in [0.1, 0.15) is 17.5 Å². The Morgan fingerprint density at radius 3 is 1.91 bits per heavy atom. The Balaban J connectivity index is 1.44. The molecule has 0 amide bonds. The van der Waals surface area contributed by atoms with Gasteiger partial charge < -0.3 is 0 Å². The fraction of sp³-hybridized carbons (Fsp3) is 0.267. The highest BCUT2D eigenvalue weighted by atomic mass is 19.1. The molecule has 0 bridgehead atoms. The van der Waals surface area contributed by atoms with Crippen molar-refractivity contribution in [1.29, 1.82) is 0 Å². The summed E-state index contributed by atoms with van der Waals surface area (Å²) in [5.41, 5.74) is 4.22. The minimum Gasteiger partial charge on any atom is -0.207 e. The van der Waals surface area contributed by atoms with Crippen LogP contribution in [0, 0.1) is 17.5 Å². The Bertz CT molecular complexity index is 1210. The van der Waals surface area contributed by atoms with Crippen molar-refractivity contribution < 1.29 is 13.2 Å². The molecule has 0 atom stereocenters. The van der Waals surface area contributed by atoms with E-state index in [1.54, 1.807) is 12.1 Å². The van der Waals surface area contributed by atoms with Crippen LogP contribution in [0.15, 0.2) is 72.8 Å². The normalized spacial score (nSPS) is 11.3. The number of hydrogen-bond acceptors (Lipinski definition) is 0. The zero-order valence-corrected chi connectivity index (χ0v) is 19.0. The fourth-order valence-corrected chi connectivity index (χ4v) is 4.35. The SMILES string of the molecule is CCCCCCc1ccc(CCc2ccc3c(F)c(-c4cc(F)cc(F)c4)ccc3c2)cc1. The highest BCUT2D eigenvalue weighted by Gasteiger charge is 2.12. The first kappa shape index (κ1) is 23.1. The van der Waals surface area contributed by atoms with Gasteiger partial charge in [0.2, 0.25) is 0 Å². The van der Waals surface area contributed by atoms with Gasteiger partial charge in [-0.2, -0.15) is 0 Å². The van der Waals surface area contributed by atoms with Gasteiger partial charge in [-0.15, -0.1) is 0 Å². The third kappa shape index (κ3) is 5.84. The second-order valence-corrected chi connectivity index (χ2v) is 8.77. The van der Waals surface area contributed by atoms with Gasteiger partial charge in [-0.05, 0) is 65.5 Å². The lowest BCUT2D eigenvalue weighted by Gasteiger charge is -2.10. The number of unbranched alkanes of at least 4 members (excludes halogenated alkanes) is 3. The second kappa shape index (κ2) is 10.7. The van der Waals surface area contributed by atoms with Crippen molar-refractivity contribution in [3.05, 3.63) is 107 Å². The average Bonchev–Trinajstić information content (AvgIpc) is 2.81. The van der Waals surface area contributed by atoms with Crippen molar-refractivity contribution in [2.75, 3.05) is 0 Å². The van der Waals surface area contributed by atoms with Crippen LogP contribution in [0.1, 0.15) is 49.3 Å². The van der Waals surface area contributed by atoms with Crippen LogP contribution in [0.25, 0.3) is 21.9 Å². The summed E-state index contributed by atoms with van der Waals surface area (Å²) in [5, 5.41) is 1.24. The summed E-state index contributed by atoms with van der Waals surface area (Å²) < 4.78 is 42.3. The van der Waals surface area contributed by atoms with E-state index in [1.165, 1.54) is 36.8 Å². The van der Waals surface area contributed by atoms with Crippen LogP contribution in [-0.4, -0.2) is 0 Å². The van der Waals surface area contributed by atoms with Crippen LogP contribution in [0.4, 0.5) is 13.2 Å². The standard InChI is InChI=1S/C30H29F3/c1-2-3-4-5-6-21-7-9-22(10-8-21)11-12-23-13-15-28-24(17-23)14-16-29(30(28)33)25-18-26(31)20-27(32)19-25/h7-10,13-20H,2-6,11-12H2,1H3. The summed E-state index contributed by atoms with van der Waals surface area (Å²) in [7, 11) is 0. The molecule has 0 heterocycles. The van der Waals surface area contributed by atoms with E-state index in [-0.39, 0.29) is 11.1 Å². The van der Waals surface area contributed by atoms with Crippen LogP contribution in [-0.2, 0) is 19.3 Å². The Morgan fingerprint density at radius 1 is 0.576 bits per heavy atom. The van der Waals surface area contributed by atoms with E-state index in [2.05, 4.69) is 31.2 Å². The van der Waals surface area contributed by atoms with E-state index < -0.39 is 17.5 Å². The average molecular weight is 447 g/mol. The number of halogens is 3. The molecular formula is C30H29F3. The molecule has 3 heteroatoms. The number of fused-ring (bicyclic) bond motifs is 1. The maximum absolute atomic E-state index is 15.1. The molecular weight excluding hydrogens is 417 g/mol. The number of aryl methyl sites for hydroxylation is 3. The second-order valence-electron chi connectivity index (χ2n) is 8.77. The molecule has 0 spiro atoms. The molecule has 0 radical (unpaired) electrons. The van der Waals surface area contributed by atoms with Gasteiger partial charge in [-0.25, -0.2) is 13.2 Å². The van der Waals surface area contributed by atoms with E-state index in [9.17, 15) is 8.78 Å². The van der Waals surface area contributed by atoms with Crippen molar-refractivity contribution in [2.24, 2.45) is 0 Å². The van der Waals surface area contributed by atoms with Crippen LogP contribution in [0.2, 0.25) is 0 Å². The Morgan fingerprint density at radius 2 is 1.21 bits per heavy atom. The molecule has 33 heavy (non-hydrogen) atoms. The highest BCUT2D eigenvalue weighted by Crippen LogP contribution is 2.30. The van der Waals surface area contributed by atoms with Crippen LogP contribution < -0.4 is 0 Å². The third-order valence-electron chi connectivity index (χ3n) is 6.24. The summed E-state index contributed by atoms with van der Waals surface area (Å²) in [6.45, 7) is 2.23. The first-order valence-electron chi connectivity index (χ1n) is 11.8. The summed E-state index contributed by atoms with van der Waals surface area (Å²) in [6.07, 6.45) is 8.03. The molecule has 0 aromatic heterocycles. The van der Waals surface area contributed by atoms with E-state index in [0.29, 0.717) is 5.39 Å². The van der Waals surface area contributed by atoms with Gasteiger partial charge >= 0.3 is 0 Å². The third-order valence-corrected chi connectivity index (χ3v) is 6.24. The summed E-state index contributed by atoms with van der Waals surface area (Å²) >= 11 is 0. The minimum absolute atomic E-state index is 0.198. The lowest BCUT2D eigenvalue weighted by molar-refractivity contribution is 0.583. The van der Waals surface area contributed by atoms with E-state index in [4.69, 9.17) is 0 Å². The summed E-state index contributed by atoms with van der Waals surface area (Å²) in [6, 6.07) is 21.1. The van der Waals surface area contributed by atoms with Crippen molar-refractivity contribution in [3.63, 3.8) is 0 Å². The number of benzene rings is 4. The zero-order valence-electron chi connectivity index (χ0n) is 19.0. The van der Waals surface area contributed by atoms with Gasteiger partial charge in [0, 0.05) is 17.0 Å². The first-order chi connectivity index (χ1) is 16.0. The lowest BCUT2D eigenvalue weighted by Crippen LogP contribution is -1.94. The Kier molecular flexibility index (Phi) is 7.49. The molecule has 4 rings (SSSR count). The zero-order chi connectivity index (χ0) is 23.2. The van der Waals surface area contributed by atoms with Gasteiger partial charge in [-0.3, -0.25) is 0 Å². The molecule has 4 aromatic carbocycles. The van der Waals surface area contributed by atoms with Crippen LogP contribution in [0.3, 0.4) is 0 Å². The molecule has 0 nitrogen and oxygen atoms in total. The molecule has 170 valence electrons. The fourth-order valence-electron chi connectivity index (χ4n) is 4.35. The van der Waals surface area contributed by atoms with Crippen molar-refractivity contribution in [2.45, 2.75) is 51.9 Å². The number of rotatable bonds is 9. The van der Waals surface area contributed by atoms with Crippen molar-refractivity contribution in [3.8, 4) is 11.1 Å². The van der Waals surface area contributed by atoms with E-state index >= 15 is 4.39 Å². The largest absolute Gasteiger partial charge is 0.207 e. The van der Waals surface area contributed by atoms with Crippen LogP contribution >= 0.6 is 0 Å². The van der Waals surface area contributed by atoms with Gasteiger partial charge in [0.15, 0.2) is 0 Å². The van der Waals surface area contributed by atoms with Gasteiger partial charge in [0.25, 0.3) is 0 Å². The molecule has 0 aliphatic heterocycles. The summed E-state index contributed by atoms with van der Waals surface area (Å²) in [5.74, 6) is -1.90. The highest BCUT2D eigenvalue weighted by molar-refractivity contribution is 5.88. The minimum atomic E-state index is -0.718. The molecule has 0 unspecified atom stereocenters. The van der Waals surface area contributed by atoms with Crippen molar-refractivity contribution >= 4 is 10.8 Å². The van der Waals surface area contributed by atoms with E-state index in [1.807, 2.05) is 18.2 Å².